The summed E-state index contributed by atoms with van der Waals surface area (Å²) in [5.41, 5.74) is 0. The monoisotopic (exact) mass is 580 g/mol. The van der Waals surface area contributed by atoms with Crippen LogP contribution in [0.4, 0.5) is 0 Å². The average molecular weight is 580 g/mol. The Morgan fingerprint density at radius 2 is 0.375 bits per heavy atom. The van der Waals surface area contributed by atoms with Crippen LogP contribution in [-0.2, 0) is 86.9 Å². The Hall–Kier alpha value is -1.56. The van der Waals surface area contributed by atoms with Crippen LogP contribution < -0.4 is 0 Å². The van der Waals surface area contributed by atoms with Crippen molar-refractivity contribution in [3.05, 3.63) is 148 Å². The first kappa shape index (κ1) is 52.4. The van der Waals surface area contributed by atoms with Gasteiger partial charge in [-0.05, 0) is 0 Å². The van der Waals surface area contributed by atoms with Gasteiger partial charge in [0.1, 0.15) is 0 Å². The SMILES string of the molecule is [C-]#[O+].[C-]#[O+].[C-]#[O+].[C-]#[O+].[Fe+6].[Fe+6].[Fe+6].[Fe+6].[c-]1[c-][c-][cH-][c-]1.[c-]1[c-][c-][cH-][c-]1.[c-]1[c-][c-][cH-][c-]1.[c-]1[c-][c-][cH-][c-]1. The zero-order valence-electron chi connectivity index (χ0n) is 15.4. The molecule has 0 aliphatic carbocycles. The molecular formula is C24H4Fe4O4+4. The average Bonchev–Trinajstić information content (AvgIpc) is 3.66. The van der Waals surface area contributed by atoms with Crippen molar-refractivity contribution in [3.63, 3.8) is 0 Å². The Morgan fingerprint density at radius 1 is 0.281 bits per heavy atom. The second-order valence-electron chi connectivity index (χ2n) is 2.73. The Balaban J connectivity index is -0.0000000350. The molecule has 152 valence electrons. The Labute approximate surface area is 233 Å². The fourth-order valence-corrected chi connectivity index (χ4v) is 0.722. The van der Waals surface area contributed by atoms with E-state index in [4.69, 9.17) is 18.6 Å². The molecule has 0 bridgehead atoms. The Kier molecular flexibility index (Phi) is 115. The van der Waals surface area contributed by atoms with E-state index in [-0.39, 0.29) is 68.3 Å². The van der Waals surface area contributed by atoms with Crippen LogP contribution in [0.1, 0.15) is 0 Å². The largest absolute Gasteiger partial charge is 6.00 e. The molecule has 0 fully saturated rings. The summed E-state index contributed by atoms with van der Waals surface area (Å²) in [4.78, 5) is 0. The van der Waals surface area contributed by atoms with E-state index in [1.807, 2.05) is 0 Å². The molecular weight excluding hydrogens is 576 g/mol. The zero-order valence-corrected chi connectivity index (χ0v) is 19.8. The quantitative estimate of drug-likeness (QED) is 0.174. The maximum absolute atomic E-state index is 7.50. The van der Waals surface area contributed by atoms with Crippen LogP contribution in [0.25, 0.3) is 0 Å². The molecule has 0 heterocycles. The Bertz CT molecular complexity index is 497. The summed E-state index contributed by atoms with van der Waals surface area (Å²) in [7, 11) is 0. The number of rotatable bonds is 0. The van der Waals surface area contributed by atoms with Crippen molar-refractivity contribution in [3.8, 4) is 0 Å². The molecule has 0 unspecified atom stereocenters. The van der Waals surface area contributed by atoms with Gasteiger partial charge in [0.15, 0.2) is 0 Å². The molecule has 0 atom stereocenters. The van der Waals surface area contributed by atoms with Crippen molar-refractivity contribution >= 4 is 0 Å². The van der Waals surface area contributed by atoms with E-state index in [2.05, 4.69) is 124 Å². The number of hydrogen-bond donors (Lipinski definition) is 0. The summed E-state index contributed by atoms with van der Waals surface area (Å²) in [5.74, 6) is 0. The minimum absolute atomic E-state index is 0. The molecule has 0 N–H and O–H groups in total. The first-order valence-corrected chi connectivity index (χ1v) is 6.13. The van der Waals surface area contributed by atoms with Gasteiger partial charge in [-0.25, -0.2) is 0 Å². The molecule has 8 heteroatoms. The molecule has 0 spiro atoms. The zero-order chi connectivity index (χ0) is 22.1. The van der Waals surface area contributed by atoms with Gasteiger partial charge in [0, 0.05) is 0 Å². The van der Waals surface area contributed by atoms with Crippen molar-refractivity contribution in [1.29, 1.82) is 0 Å². The molecule has 4 aromatic rings. The van der Waals surface area contributed by atoms with Gasteiger partial charge in [-0.1, -0.05) is 0 Å². The fraction of sp³-hybridized carbons (Fsp3) is 0. The van der Waals surface area contributed by atoms with E-state index in [1.54, 1.807) is 24.3 Å². The molecule has 32 heavy (non-hydrogen) atoms. The summed E-state index contributed by atoms with van der Waals surface area (Å²) in [6.45, 7) is 18.0. The third kappa shape index (κ3) is 63.0. The molecule has 4 aromatic carbocycles. The summed E-state index contributed by atoms with van der Waals surface area (Å²) in [6.07, 6.45) is 0. The molecule has 4 nitrogen and oxygen atoms in total. The standard InChI is InChI=1S/4C5H.4CO.4Fe/c4*1-2-4-5-3-1;4*1-2;;;;/h4*1H;;;;;;;;/q4*-5;;;;;4*+6. The van der Waals surface area contributed by atoms with Crippen molar-refractivity contribution < 1.29 is 86.9 Å². The molecule has 0 aliphatic rings. The molecule has 0 aromatic heterocycles. The van der Waals surface area contributed by atoms with E-state index in [9.17, 15) is 0 Å². The van der Waals surface area contributed by atoms with Crippen LogP contribution >= 0.6 is 0 Å². The van der Waals surface area contributed by atoms with E-state index in [0.29, 0.717) is 0 Å². The van der Waals surface area contributed by atoms with E-state index < -0.39 is 0 Å². The van der Waals surface area contributed by atoms with Gasteiger partial charge in [-0.2, -0.15) is 0 Å². The van der Waals surface area contributed by atoms with E-state index in [0.717, 1.165) is 0 Å². The van der Waals surface area contributed by atoms with Gasteiger partial charge in [0.05, 0.1) is 0 Å². The topological polar surface area (TPSA) is 79.6 Å². The predicted molar refractivity (Wildman–Crippen MR) is 85.2 cm³/mol. The summed E-state index contributed by atoms with van der Waals surface area (Å²) >= 11 is 0. The summed E-state index contributed by atoms with van der Waals surface area (Å²) in [6, 6.07) is 48.0. The van der Waals surface area contributed by atoms with Gasteiger partial charge in [-0.3, -0.25) is 0 Å². The van der Waals surface area contributed by atoms with Gasteiger partial charge >= 0.3 is 113 Å². The van der Waals surface area contributed by atoms with Crippen LogP contribution in [-0.4, -0.2) is 0 Å². The summed E-state index contributed by atoms with van der Waals surface area (Å²) in [5, 5.41) is 0. The first-order valence-electron chi connectivity index (χ1n) is 6.13. The smallest absolute Gasteiger partial charge is 0.999 e. The first-order chi connectivity index (χ1) is 14.0. The number of hydrogen-bond acceptors (Lipinski definition) is 0. The molecule has 0 radical (unpaired) electrons. The second-order valence-corrected chi connectivity index (χ2v) is 2.73. The van der Waals surface area contributed by atoms with Crippen LogP contribution in [0.5, 0.6) is 0 Å². The molecule has 0 saturated heterocycles. The maximum Gasteiger partial charge on any atom is 6.00 e. The fourth-order valence-electron chi connectivity index (χ4n) is 0.722. The van der Waals surface area contributed by atoms with Crippen molar-refractivity contribution in [2.75, 3.05) is 0 Å². The molecule has 0 saturated carbocycles. The molecule has 4 rings (SSSR count). The van der Waals surface area contributed by atoms with Gasteiger partial charge in [-0.15, -0.1) is 0 Å². The third-order valence-electron chi connectivity index (χ3n) is 1.40. The van der Waals surface area contributed by atoms with E-state index in [1.165, 1.54) is 0 Å². The van der Waals surface area contributed by atoms with Gasteiger partial charge < -0.3 is 121 Å². The summed E-state index contributed by atoms with van der Waals surface area (Å²) < 4.78 is 30.0. The molecule has 0 amide bonds. The van der Waals surface area contributed by atoms with Crippen LogP contribution in [0, 0.1) is 124 Å². The van der Waals surface area contributed by atoms with Gasteiger partial charge in [0.2, 0.25) is 0 Å². The van der Waals surface area contributed by atoms with Crippen molar-refractivity contribution in [2.24, 2.45) is 0 Å². The van der Waals surface area contributed by atoms with Crippen LogP contribution in [0.3, 0.4) is 0 Å². The molecule has 0 aliphatic heterocycles. The maximum atomic E-state index is 7.50. The second kappa shape index (κ2) is 70.0. The normalized spacial score (nSPS) is 5.25. The van der Waals surface area contributed by atoms with Crippen LogP contribution in [0.2, 0.25) is 0 Å². The van der Waals surface area contributed by atoms with Crippen molar-refractivity contribution in [1.82, 2.24) is 0 Å². The van der Waals surface area contributed by atoms with Crippen LogP contribution in [0.15, 0.2) is 24.3 Å². The minimum Gasteiger partial charge on any atom is -0.999 e. The van der Waals surface area contributed by atoms with Crippen molar-refractivity contribution in [2.45, 2.75) is 0 Å². The van der Waals surface area contributed by atoms with E-state index >= 15 is 0 Å². The minimum atomic E-state index is 0. The van der Waals surface area contributed by atoms with Gasteiger partial charge in [0.25, 0.3) is 0 Å². The third-order valence-corrected chi connectivity index (χ3v) is 1.40. The predicted octanol–water partition coefficient (Wildman–Crippen LogP) is 2.27. The Morgan fingerprint density at radius 3 is 0.406 bits per heavy atom.